The van der Waals surface area contributed by atoms with Gasteiger partial charge in [-0.3, -0.25) is 4.79 Å². The molecule has 0 saturated heterocycles. The largest absolute Gasteiger partial charge is 0.406 e. The normalized spacial score (nSPS) is 12.0. The van der Waals surface area contributed by atoms with Crippen LogP contribution in [0.1, 0.15) is 27.4 Å². The predicted molar refractivity (Wildman–Crippen MR) is 81.0 cm³/mol. The van der Waals surface area contributed by atoms with Crippen LogP contribution in [0, 0.1) is 20.8 Å². The van der Waals surface area contributed by atoms with Gasteiger partial charge in [0.15, 0.2) is 5.65 Å². The zero-order valence-electron chi connectivity index (χ0n) is 13.9. The number of methoxy groups -OCH3 is 1. The molecule has 0 radical (unpaired) electrons. The van der Waals surface area contributed by atoms with Crippen LogP contribution in [0.3, 0.4) is 0 Å². The molecule has 0 bridgehead atoms. The zero-order chi connectivity index (χ0) is 18.1. The first kappa shape index (κ1) is 18.2. The molecule has 6 nitrogen and oxygen atoms in total. The van der Waals surface area contributed by atoms with Crippen molar-refractivity contribution < 1.29 is 22.7 Å². The van der Waals surface area contributed by atoms with Crippen LogP contribution < -0.4 is 0 Å². The lowest BCUT2D eigenvalue weighted by atomic mass is 10.2. The van der Waals surface area contributed by atoms with E-state index in [-0.39, 0.29) is 24.4 Å². The second-order valence-electron chi connectivity index (χ2n) is 5.57. The minimum atomic E-state index is -4.50. The van der Waals surface area contributed by atoms with Crippen LogP contribution in [0.15, 0.2) is 6.07 Å². The summed E-state index contributed by atoms with van der Waals surface area (Å²) < 4.78 is 44.7. The van der Waals surface area contributed by atoms with Gasteiger partial charge in [-0.05, 0) is 26.8 Å². The van der Waals surface area contributed by atoms with E-state index in [4.69, 9.17) is 4.74 Å². The fourth-order valence-electron chi connectivity index (χ4n) is 2.51. The lowest BCUT2D eigenvalue weighted by Crippen LogP contribution is -2.41. The van der Waals surface area contributed by atoms with Gasteiger partial charge in [0.05, 0.1) is 12.3 Å². The first-order valence-corrected chi connectivity index (χ1v) is 7.32. The number of carbonyl (C=O) groups excluding carboxylic acids is 1. The van der Waals surface area contributed by atoms with E-state index >= 15 is 0 Å². The molecule has 0 saturated carbocycles. The van der Waals surface area contributed by atoms with E-state index in [1.54, 1.807) is 26.8 Å². The van der Waals surface area contributed by atoms with Crippen molar-refractivity contribution in [2.45, 2.75) is 26.9 Å². The first-order valence-electron chi connectivity index (χ1n) is 7.32. The summed E-state index contributed by atoms with van der Waals surface area (Å²) in [5, 5.41) is 4.23. The molecule has 0 atom stereocenters. The number of carbonyl (C=O) groups is 1. The van der Waals surface area contributed by atoms with Crippen LogP contribution in [0.5, 0.6) is 0 Å². The molecule has 132 valence electrons. The van der Waals surface area contributed by atoms with Gasteiger partial charge >= 0.3 is 6.18 Å². The molecule has 0 aliphatic heterocycles. The summed E-state index contributed by atoms with van der Waals surface area (Å²) in [6, 6.07) is 1.78. The van der Waals surface area contributed by atoms with E-state index in [9.17, 15) is 18.0 Å². The summed E-state index contributed by atoms with van der Waals surface area (Å²) in [5.41, 5.74) is 2.10. The number of aryl methyl sites for hydroxylation is 3. The van der Waals surface area contributed by atoms with Gasteiger partial charge in [0.1, 0.15) is 12.1 Å². The van der Waals surface area contributed by atoms with Gasteiger partial charge in [-0.25, -0.2) is 9.50 Å². The van der Waals surface area contributed by atoms with Crippen LogP contribution in [0.2, 0.25) is 0 Å². The van der Waals surface area contributed by atoms with Gasteiger partial charge in [0.25, 0.3) is 5.91 Å². The topological polar surface area (TPSA) is 59.7 Å². The second kappa shape index (κ2) is 6.76. The highest BCUT2D eigenvalue weighted by atomic mass is 19.4. The predicted octanol–water partition coefficient (Wildman–Crippen LogP) is 2.31. The Kier molecular flexibility index (Phi) is 5.12. The maximum atomic E-state index is 12.8. The Hall–Kier alpha value is -2.16. The summed E-state index contributed by atoms with van der Waals surface area (Å²) in [4.78, 5) is 17.7. The van der Waals surface area contributed by atoms with Crippen molar-refractivity contribution in [1.29, 1.82) is 0 Å². The Morgan fingerprint density at radius 1 is 1.33 bits per heavy atom. The molecule has 0 fully saturated rings. The lowest BCUT2D eigenvalue weighted by Gasteiger charge is -2.23. The van der Waals surface area contributed by atoms with Crippen molar-refractivity contribution in [2.75, 3.05) is 26.8 Å². The third-order valence-electron chi connectivity index (χ3n) is 3.51. The Bertz CT molecular complexity index is 755. The maximum Gasteiger partial charge on any atom is 0.406 e. The molecular weight excluding hydrogens is 325 g/mol. The van der Waals surface area contributed by atoms with Gasteiger partial charge in [-0.1, -0.05) is 0 Å². The van der Waals surface area contributed by atoms with Crippen LogP contribution in [0.4, 0.5) is 13.2 Å². The molecule has 0 unspecified atom stereocenters. The molecule has 24 heavy (non-hydrogen) atoms. The van der Waals surface area contributed by atoms with Crippen molar-refractivity contribution in [3.05, 3.63) is 28.7 Å². The Morgan fingerprint density at radius 2 is 2.00 bits per heavy atom. The van der Waals surface area contributed by atoms with Crippen molar-refractivity contribution in [2.24, 2.45) is 0 Å². The number of aromatic nitrogens is 3. The van der Waals surface area contributed by atoms with Crippen LogP contribution in [-0.2, 0) is 4.74 Å². The number of halogens is 3. The van der Waals surface area contributed by atoms with E-state index < -0.39 is 18.6 Å². The quantitative estimate of drug-likeness (QED) is 0.835. The number of nitrogens with zero attached hydrogens (tertiary/aromatic N) is 4. The highest BCUT2D eigenvalue weighted by molar-refractivity contribution is 6.01. The highest BCUT2D eigenvalue weighted by Gasteiger charge is 2.35. The molecule has 0 aromatic carbocycles. The molecular formula is C15H19F3N4O2. The van der Waals surface area contributed by atoms with Gasteiger partial charge in [-0.2, -0.15) is 18.3 Å². The molecule has 0 aliphatic carbocycles. The fourth-order valence-corrected chi connectivity index (χ4v) is 2.51. The number of amides is 1. The fraction of sp³-hybridized carbons (Fsp3) is 0.533. The van der Waals surface area contributed by atoms with Crippen LogP contribution in [0.25, 0.3) is 5.65 Å². The number of rotatable bonds is 5. The standard InChI is InChI=1S/C15H19F3N4O2/c1-9-7-10(2)22-13(19-9)12(11(3)20-22)14(23)21(5-6-24-4)8-15(16,17)18/h7H,5-6,8H2,1-4H3. The van der Waals surface area contributed by atoms with Crippen LogP contribution >= 0.6 is 0 Å². The average molecular weight is 344 g/mol. The van der Waals surface area contributed by atoms with Gasteiger partial charge in [-0.15, -0.1) is 0 Å². The zero-order valence-corrected chi connectivity index (χ0v) is 13.9. The maximum absolute atomic E-state index is 12.8. The van der Waals surface area contributed by atoms with Crippen molar-refractivity contribution in [3.63, 3.8) is 0 Å². The third kappa shape index (κ3) is 3.84. The van der Waals surface area contributed by atoms with E-state index in [1.165, 1.54) is 11.6 Å². The SMILES string of the molecule is COCCN(CC(F)(F)F)C(=O)c1c(C)nn2c(C)cc(C)nc12. The summed E-state index contributed by atoms with van der Waals surface area (Å²) in [6.07, 6.45) is -4.50. The minimum absolute atomic E-state index is 0.00552. The Morgan fingerprint density at radius 3 is 2.58 bits per heavy atom. The lowest BCUT2D eigenvalue weighted by molar-refractivity contribution is -0.141. The number of fused-ring (bicyclic) bond motifs is 1. The molecule has 2 rings (SSSR count). The molecule has 0 aliphatic rings. The van der Waals surface area contributed by atoms with E-state index in [0.717, 1.165) is 5.69 Å². The second-order valence-corrected chi connectivity index (χ2v) is 5.57. The average Bonchev–Trinajstić information content (AvgIpc) is 2.78. The van der Waals surface area contributed by atoms with Crippen molar-refractivity contribution >= 4 is 11.6 Å². The van der Waals surface area contributed by atoms with Crippen LogP contribution in [-0.4, -0.2) is 58.4 Å². The van der Waals surface area contributed by atoms with Gasteiger partial charge < -0.3 is 9.64 Å². The molecule has 1 amide bonds. The summed E-state index contributed by atoms with van der Waals surface area (Å²) >= 11 is 0. The monoisotopic (exact) mass is 344 g/mol. The van der Waals surface area contributed by atoms with E-state index in [0.29, 0.717) is 16.3 Å². The molecule has 9 heteroatoms. The smallest absolute Gasteiger partial charge is 0.383 e. The minimum Gasteiger partial charge on any atom is -0.383 e. The van der Waals surface area contributed by atoms with Crippen molar-refractivity contribution in [3.8, 4) is 0 Å². The summed E-state index contributed by atoms with van der Waals surface area (Å²) in [6.45, 7) is 3.61. The Balaban J connectivity index is 2.49. The van der Waals surface area contributed by atoms with E-state index in [2.05, 4.69) is 10.1 Å². The van der Waals surface area contributed by atoms with Crippen molar-refractivity contribution in [1.82, 2.24) is 19.5 Å². The molecule has 2 heterocycles. The first-order chi connectivity index (χ1) is 11.1. The highest BCUT2D eigenvalue weighted by Crippen LogP contribution is 2.22. The number of ether oxygens (including phenoxy) is 1. The summed E-state index contributed by atoms with van der Waals surface area (Å²) in [7, 11) is 1.37. The van der Waals surface area contributed by atoms with E-state index in [1.807, 2.05) is 0 Å². The summed E-state index contributed by atoms with van der Waals surface area (Å²) in [5.74, 6) is -0.755. The molecule has 0 N–H and O–H groups in total. The third-order valence-corrected chi connectivity index (χ3v) is 3.51. The number of alkyl halides is 3. The van der Waals surface area contributed by atoms with Gasteiger partial charge in [0, 0.05) is 25.0 Å². The molecule has 2 aromatic heterocycles. The molecule has 2 aromatic rings. The Labute approximate surface area is 137 Å². The number of hydrogen-bond donors (Lipinski definition) is 0. The van der Waals surface area contributed by atoms with Gasteiger partial charge in [0.2, 0.25) is 0 Å². The molecule has 0 spiro atoms. The number of hydrogen-bond acceptors (Lipinski definition) is 4.